The molecule has 1 aromatic carbocycles. The number of benzene rings is 1. The highest BCUT2D eigenvalue weighted by Crippen LogP contribution is 2.25. The molecule has 1 aromatic rings. The van der Waals surface area contributed by atoms with Gasteiger partial charge in [-0.25, -0.2) is 8.78 Å². The molecule has 2 rings (SSSR count). The lowest BCUT2D eigenvalue weighted by Gasteiger charge is -2.23. The van der Waals surface area contributed by atoms with Crippen molar-refractivity contribution in [3.05, 3.63) is 51.9 Å². The molecule has 1 aliphatic rings. The van der Waals surface area contributed by atoms with Crippen LogP contribution >= 0.6 is 15.9 Å². The van der Waals surface area contributed by atoms with Crippen molar-refractivity contribution in [3.8, 4) is 0 Å². The predicted molar refractivity (Wildman–Crippen MR) is 70.8 cm³/mol. The molecule has 3 nitrogen and oxygen atoms in total. The fraction of sp³-hybridized carbons (Fsp3) is 0.167. The van der Waals surface area contributed by atoms with Crippen molar-refractivity contribution in [1.29, 1.82) is 0 Å². The first-order valence-corrected chi connectivity index (χ1v) is 6.05. The summed E-state index contributed by atoms with van der Waals surface area (Å²) < 4.78 is 28.0. The minimum atomic E-state index is -0.476. The van der Waals surface area contributed by atoms with Gasteiger partial charge in [0.2, 0.25) is 0 Å². The molecular weight excluding hydrogens is 304 g/mol. The Hall–Kier alpha value is -1.56. The molecule has 0 fully saturated rings. The highest BCUT2D eigenvalue weighted by atomic mass is 79.9. The van der Waals surface area contributed by atoms with Crippen LogP contribution in [0.2, 0.25) is 0 Å². The predicted octanol–water partition coefficient (Wildman–Crippen LogP) is 2.93. The zero-order valence-electron chi connectivity index (χ0n) is 9.67. The first kappa shape index (κ1) is 12.9. The second-order valence-corrected chi connectivity index (χ2v) is 4.94. The summed E-state index contributed by atoms with van der Waals surface area (Å²) in [6.07, 6.45) is 1.60. The zero-order chi connectivity index (χ0) is 13.3. The Balaban J connectivity index is 2.29. The smallest absolute Gasteiger partial charge is 0.147 e. The van der Waals surface area contributed by atoms with Crippen LogP contribution in [0.3, 0.4) is 0 Å². The number of likely N-dealkylation sites (N-methyl/N-ethyl adjacent to an activating group) is 1. The van der Waals surface area contributed by atoms with E-state index in [1.54, 1.807) is 24.2 Å². The summed E-state index contributed by atoms with van der Waals surface area (Å²) in [4.78, 5) is 1.62. The van der Waals surface area contributed by atoms with Crippen LogP contribution in [0.15, 0.2) is 46.1 Å². The number of hydrogen-bond donors (Lipinski definition) is 2. The van der Waals surface area contributed by atoms with Gasteiger partial charge in [0, 0.05) is 17.7 Å². The third-order valence-electron chi connectivity index (χ3n) is 2.50. The van der Waals surface area contributed by atoms with Gasteiger partial charge in [-0.15, -0.1) is 0 Å². The normalized spacial score (nSPS) is 15.8. The van der Waals surface area contributed by atoms with Crippen molar-refractivity contribution in [2.24, 2.45) is 5.73 Å². The summed E-state index contributed by atoms with van der Waals surface area (Å²) in [6.45, 7) is 0.112. The molecule has 0 aromatic heterocycles. The minimum Gasteiger partial charge on any atom is -0.396 e. The Kier molecular flexibility index (Phi) is 3.56. The van der Waals surface area contributed by atoms with E-state index in [4.69, 9.17) is 5.73 Å². The van der Waals surface area contributed by atoms with Gasteiger partial charge in [0.1, 0.15) is 11.6 Å². The molecule has 1 heterocycles. The first-order valence-electron chi connectivity index (χ1n) is 5.26. The van der Waals surface area contributed by atoms with E-state index in [0.717, 1.165) is 0 Å². The maximum Gasteiger partial charge on any atom is 0.147 e. The summed E-state index contributed by atoms with van der Waals surface area (Å²) >= 11 is 3.16. The number of halogens is 3. The maximum absolute atomic E-state index is 13.8. The highest BCUT2D eigenvalue weighted by Gasteiger charge is 2.18. The molecular formula is C12H12BrF2N3. The monoisotopic (exact) mass is 315 g/mol. The first-order chi connectivity index (χ1) is 8.47. The van der Waals surface area contributed by atoms with Gasteiger partial charge in [-0.1, -0.05) is 15.9 Å². The third kappa shape index (κ3) is 2.64. The van der Waals surface area contributed by atoms with E-state index in [1.807, 2.05) is 0 Å². The van der Waals surface area contributed by atoms with Gasteiger partial charge in [-0.2, -0.15) is 0 Å². The van der Waals surface area contributed by atoms with E-state index in [1.165, 1.54) is 12.1 Å². The lowest BCUT2D eigenvalue weighted by molar-refractivity contribution is 0.420. The van der Waals surface area contributed by atoms with Crippen molar-refractivity contribution >= 4 is 21.6 Å². The van der Waals surface area contributed by atoms with Crippen LogP contribution in [-0.4, -0.2) is 18.5 Å². The minimum absolute atomic E-state index is 0.112. The summed E-state index contributed by atoms with van der Waals surface area (Å²) in [7, 11) is 1.71. The molecule has 96 valence electrons. The largest absolute Gasteiger partial charge is 0.396 e. The summed E-state index contributed by atoms with van der Waals surface area (Å²) in [5.74, 6) is -0.892. The molecule has 0 atom stereocenters. The number of nitrogens with two attached hydrogens (primary N) is 1. The number of nitrogens with one attached hydrogen (secondary N) is 1. The van der Waals surface area contributed by atoms with E-state index >= 15 is 0 Å². The summed E-state index contributed by atoms with van der Waals surface area (Å²) in [5.41, 5.74) is 6.26. The average molecular weight is 316 g/mol. The lowest BCUT2D eigenvalue weighted by Crippen LogP contribution is -2.26. The quantitative estimate of drug-likeness (QED) is 0.881. The van der Waals surface area contributed by atoms with Gasteiger partial charge in [-0.3, -0.25) is 0 Å². The summed E-state index contributed by atoms with van der Waals surface area (Å²) in [5, 5.41) is 2.69. The molecule has 0 unspecified atom stereocenters. The van der Waals surface area contributed by atoms with Crippen molar-refractivity contribution < 1.29 is 8.78 Å². The van der Waals surface area contributed by atoms with Crippen LogP contribution in [0.5, 0.6) is 0 Å². The molecule has 0 spiro atoms. The third-order valence-corrected chi connectivity index (χ3v) is 2.99. The second kappa shape index (κ2) is 4.97. The number of nitrogens with zero attached hydrogens (tertiary/aromatic N) is 1. The maximum atomic E-state index is 13.8. The molecule has 6 heteroatoms. The SMILES string of the molecule is CN1C=C(N)C(Nc2ccc(Br)cc2F)=C(F)C1. The van der Waals surface area contributed by atoms with E-state index in [9.17, 15) is 8.78 Å². The Bertz CT molecular complexity index is 540. The molecule has 0 saturated carbocycles. The van der Waals surface area contributed by atoms with Crippen molar-refractivity contribution in [2.45, 2.75) is 0 Å². The van der Waals surface area contributed by atoms with Crippen LogP contribution in [0.25, 0.3) is 0 Å². The Labute approximate surface area is 112 Å². The van der Waals surface area contributed by atoms with E-state index in [0.29, 0.717) is 4.47 Å². The van der Waals surface area contributed by atoms with E-state index in [-0.39, 0.29) is 23.6 Å². The molecule has 0 radical (unpaired) electrons. The molecule has 0 amide bonds. The van der Waals surface area contributed by atoms with Crippen molar-refractivity contribution in [1.82, 2.24) is 4.90 Å². The topological polar surface area (TPSA) is 41.3 Å². The molecule has 0 aliphatic carbocycles. The van der Waals surface area contributed by atoms with Gasteiger partial charge in [0.25, 0.3) is 0 Å². The van der Waals surface area contributed by atoms with Gasteiger partial charge < -0.3 is 16.0 Å². The number of rotatable bonds is 2. The van der Waals surface area contributed by atoms with Crippen molar-refractivity contribution in [3.63, 3.8) is 0 Å². The van der Waals surface area contributed by atoms with Crippen LogP contribution in [0.1, 0.15) is 0 Å². The van der Waals surface area contributed by atoms with Crippen LogP contribution in [0, 0.1) is 5.82 Å². The highest BCUT2D eigenvalue weighted by molar-refractivity contribution is 9.10. The number of anilines is 1. The van der Waals surface area contributed by atoms with E-state index < -0.39 is 11.6 Å². The Morgan fingerprint density at radius 2 is 2.11 bits per heavy atom. The molecule has 0 saturated heterocycles. The van der Waals surface area contributed by atoms with Crippen LogP contribution < -0.4 is 11.1 Å². The molecule has 1 aliphatic heterocycles. The van der Waals surface area contributed by atoms with Crippen LogP contribution in [0.4, 0.5) is 14.5 Å². The van der Waals surface area contributed by atoms with Gasteiger partial charge in [0.05, 0.1) is 23.6 Å². The summed E-state index contributed by atoms with van der Waals surface area (Å²) in [6, 6.07) is 4.49. The molecule has 3 N–H and O–H groups in total. The molecule has 0 bridgehead atoms. The Morgan fingerprint density at radius 1 is 1.39 bits per heavy atom. The van der Waals surface area contributed by atoms with E-state index in [2.05, 4.69) is 21.2 Å². The fourth-order valence-electron chi connectivity index (χ4n) is 1.67. The Morgan fingerprint density at radius 3 is 2.72 bits per heavy atom. The van der Waals surface area contributed by atoms with Crippen LogP contribution in [-0.2, 0) is 0 Å². The van der Waals surface area contributed by atoms with Gasteiger partial charge >= 0.3 is 0 Å². The lowest BCUT2D eigenvalue weighted by atomic mass is 10.2. The second-order valence-electron chi connectivity index (χ2n) is 4.03. The average Bonchev–Trinajstić information content (AvgIpc) is 2.25. The molecule has 18 heavy (non-hydrogen) atoms. The van der Waals surface area contributed by atoms with Gasteiger partial charge in [-0.05, 0) is 18.2 Å². The number of hydrogen-bond acceptors (Lipinski definition) is 3. The zero-order valence-corrected chi connectivity index (χ0v) is 11.3. The van der Waals surface area contributed by atoms with Crippen molar-refractivity contribution in [2.75, 3.05) is 18.9 Å². The van der Waals surface area contributed by atoms with Gasteiger partial charge in [0.15, 0.2) is 0 Å². The standard InChI is InChI=1S/C12H12BrF2N3/c1-18-5-9(15)12(10(16)6-18)17-11-3-2-7(13)4-8(11)14/h2-4,6,17H,5,16H2,1H3. The fourth-order valence-corrected chi connectivity index (χ4v) is 2.00.